The number of nitrogens with one attached hydrogen (secondary N) is 1. The van der Waals surface area contributed by atoms with Crippen LogP contribution in [0.4, 0.5) is 5.82 Å². The maximum atomic E-state index is 12.7. The molecule has 0 saturated heterocycles. The first-order valence-electron chi connectivity index (χ1n) is 7.84. The minimum Gasteiger partial charge on any atom is -0.307 e. The van der Waals surface area contributed by atoms with Crippen LogP contribution in [-0.2, 0) is 0 Å². The highest BCUT2D eigenvalue weighted by molar-refractivity contribution is 6.12. The summed E-state index contributed by atoms with van der Waals surface area (Å²) in [5.74, 6) is 0.931. The van der Waals surface area contributed by atoms with Crippen LogP contribution in [0.2, 0.25) is 0 Å². The molecule has 4 rings (SSSR count). The number of carbonyl (C=O) groups is 1. The molecule has 1 aliphatic carbocycles. The molecule has 23 heavy (non-hydrogen) atoms. The second-order valence-corrected chi connectivity index (χ2v) is 6.06. The number of para-hydroxylation sites is 1. The van der Waals surface area contributed by atoms with Gasteiger partial charge in [-0.05, 0) is 43.5 Å². The van der Waals surface area contributed by atoms with Crippen molar-refractivity contribution in [3.63, 3.8) is 0 Å². The van der Waals surface area contributed by atoms with Crippen molar-refractivity contribution >= 4 is 22.6 Å². The van der Waals surface area contributed by atoms with Gasteiger partial charge >= 0.3 is 0 Å². The number of rotatable bonds is 3. The summed E-state index contributed by atoms with van der Waals surface area (Å²) in [7, 11) is 0. The number of amides is 1. The third kappa shape index (κ3) is 2.80. The second kappa shape index (κ2) is 5.47. The summed E-state index contributed by atoms with van der Waals surface area (Å²) in [5.41, 5.74) is 3.62. The van der Waals surface area contributed by atoms with Crippen molar-refractivity contribution in [2.45, 2.75) is 25.7 Å². The molecule has 1 fully saturated rings. The summed E-state index contributed by atoms with van der Waals surface area (Å²) in [6.07, 6.45) is 4.06. The summed E-state index contributed by atoms with van der Waals surface area (Å²) in [6, 6.07) is 13.5. The van der Waals surface area contributed by atoms with E-state index in [1.165, 1.54) is 0 Å². The maximum Gasteiger partial charge on any atom is 0.257 e. The largest absolute Gasteiger partial charge is 0.307 e. The van der Waals surface area contributed by atoms with Crippen LogP contribution in [0.5, 0.6) is 0 Å². The molecule has 0 radical (unpaired) electrons. The summed E-state index contributed by atoms with van der Waals surface area (Å²) in [6.45, 7) is 1.97. The lowest BCUT2D eigenvalue weighted by atomic mass is 10.1. The number of benzene rings is 1. The van der Waals surface area contributed by atoms with Gasteiger partial charge in [0.15, 0.2) is 0 Å². The number of carbonyl (C=O) groups excluding carboxylic acids is 1. The second-order valence-electron chi connectivity index (χ2n) is 6.06. The smallest absolute Gasteiger partial charge is 0.257 e. The molecule has 0 spiro atoms. The fourth-order valence-electron chi connectivity index (χ4n) is 2.70. The highest BCUT2D eigenvalue weighted by Crippen LogP contribution is 2.40. The molecular formula is C19H17N3O. The lowest BCUT2D eigenvalue weighted by Gasteiger charge is -2.10. The molecule has 0 atom stereocenters. The Hall–Kier alpha value is -2.75. The van der Waals surface area contributed by atoms with Gasteiger partial charge in [-0.15, -0.1) is 0 Å². The van der Waals surface area contributed by atoms with Crippen molar-refractivity contribution < 1.29 is 4.79 Å². The third-order valence-corrected chi connectivity index (χ3v) is 4.13. The van der Waals surface area contributed by atoms with Gasteiger partial charge in [-0.1, -0.05) is 24.3 Å². The van der Waals surface area contributed by atoms with Crippen molar-refractivity contribution in [3.05, 3.63) is 65.5 Å². The van der Waals surface area contributed by atoms with E-state index in [0.717, 1.165) is 35.0 Å². The Bertz CT molecular complexity index is 883. The summed E-state index contributed by atoms with van der Waals surface area (Å²) in [4.78, 5) is 21.7. The van der Waals surface area contributed by atoms with E-state index in [-0.39, 0.29) is 5.91 Å². The molecule has 1 amide bonds. The Balaban J connectivity index is 1.74. The van der Waals surface area contributed by atoms with Gasteiger partial charge in [0.1, 0.15) is 5.82 Å². The monoisotopic (exact) mass is 303 g/mol. The van der Waals surface area contributed by atoms with E-state index in [0.29, 0.717) is 17.3 Å². The summed E-state index contributed by atoms with van der Waals surface area (Å²) in [5, 5.41) is 3.76. The predicted molar refractivity (Wildman–Crippen MR) is 90.6 cm³/mol. The highest BCUT2D eigenvalue weighted by Gasteiger charge is 2.27. The van der Waals surface area contributed by atoms with Gasteiger partial charge in [0.25, 0.3) is 5.91 Å². The van der Waals surface area contributed by atoms with E-state index in [2.05, 4.69) is 10.3 Å². The van der Waals surface area contributed by atoms with Crippen LogP contribution < -0.4 is 5.32 Å². The van der Waals surface area contributed by atoms with Gasteiger partial charge in [-0.3, -0.25) is 9.78 Å². The first-order chi connectivity index (χ1) is 11.2. The number of anilines is 1. The van der Waals surface area contributed by atoms with Gasteiger partial charge < -0.3 is 5.32 Å². The van der Waals surface area contributed by atoms with Crippen molar-refractivity contribution in [2.75, 3.05) is 5.32 Å². The zero-order valence-electron chi connectivity index (χ0n) is 12.9. The summed E-state index contributed by atoms with van der Waals surface area (Å²) < 4.78 is 0. The Morgan fingerprint density at radius 3 is 2.74 bits per heavy atom. The van der Waals surface area contributed by atoms with Crippen LogP contribution in [-0.4, -0.2) is 15.9 Å². The molecule has 114 valence electrons. The minimum absolute atomic E-state index is 0.137. The van der Waals surface area contributed by atoms with Crippen molar-refractivity contribution in [1.29, 1.82) is 0 Å². The molecule has 1 saturated carbocycles. The van der Waals surface area contributed by atoms with Crippen LogP contribution in [0.1, 0.15) is 40.4 Å². The Morgan fingerprint density at radius 1 is 1.17 bits per heavy atom. The van der Waals surface area contributed by atoms with Crippen molar-refractivity contribution in [3.8, 4) is 0 Å². The van der Waals surface area contributed by atoms with E-state index in [9.17, 15) is 4.79 Å². The lowest BCUT2D eigenvalue weighted by molar-refractivity contribution is 0.102. The van der Waals surface area contributed by atoms with E-state index in [4.69, 9.17) is 4.98 Å². The molecule has 1 aromatic carbocycles. The Morgan fingerprint density at radius 2 is 2.00 bits per heavy atom. The van der Waals surface area contributed by atoms with E-state index in [1.54, 1.807) is 6.20 Å². The van der Waals surface area contributed by atoms with Crippen molar-refractivity contribution in [2.24, 2.45) is 0 Å². The molecule has 2 aromatic heterocycles. The minimum atomic E-state index is -0.137. The van der Waals surface area contributed by atoms with Gasteiger partial charge in [0.2, 0.25) is 0 Å². The molecule has 0 bridgehead atoms. The fraction of sp³-hybridized carbons (Fsp3) is 0.211. The van der Waals surface area contributed by atoms with Crippen LogP contribution in [0.3, 0.4) is 0 Å². The molecule has 4 heteroatoms. The SMILES string of the molecule is Cc1ccc(NC(=O)c2cc(C3CC3)nc3ccccc23)nc1. The number of hydrogen-bond acceptors (Lipinski definition) is 3. The average Bonchev–Trinajstić information content (AvgIpc) is 3.41. The van der Waals surface area contributed by atoms with E-state index in [1.807, 2.05) is 49.4 Å². The molecular weight excluding hydrogens is 286 g/mol. The highest BCUT2D eigenvalue weighted by atomic mass is 16.1. The number of aromatic nitrogens is 2. The van der Waals surface area contributed by atoms with Gasteiger partial charge in [-0.25, -0.2) is 4.98 Å². The zero-order valence-corrected chi connectivity index (χ0v) is 12.9. The van der Waals surface area contributed by atoms with Crippen LogP contribution >= 0.6 is 0 Å². The molecule has 0 unspecified atom stereocenters. The van der Waals surface area contributed by atoms with Gasteiger partial charge in [0, 0.05) is 23.2 Å². The molecule has 3 aromatic rings. The van der Waals surface area contributed by atoms with Gasteiger partial charge in [0.05, 0.1) is 11.1 Å². The average molecular weight is 303 g/mol. The van der Waals surface area contributed by atoms with Crippen LogP contribution in [0.25, 0.3) is 10.9 Å². The predicted octanol–water partition coefficient (Wildman–Crippen LogP) is 4.07. The lowest BCUT2D eigenvalue weighted by Crippen LogP contribution is -2.14. The number of aryl methyl sites for hydroxylation is 1. The standard InChI is InChI=1S/C19H17N3O/c1-12-6-9-18(20-11-12)22-19(23)15-10-17(13-7-8-13)21-16-5-3-2-4-14(15)16/h2-6,9-11,13H,7-8H2,1H3,(H,20,22,23). The topological polar surface area (TPSA) is 54.9 Å². The third-order valence-electron chi connectivity index (χ3n) is 4.13. The quantitative estimate of drug-likeness (QED) is 0.793. The van der Waals surface area contributed by atoms with E-state index >= 15 is 0 Å². The summed E-state index contributed by atoms with van der Waals surface area (Å²) >= 11 is 0. The Labute approximate surface area is 134 Å². The van der Waals surface area contributed by atoms with Crippen LogP contribution in [0.15, 0.2) is 48.7 Å². The van der Waals surface area contributed by atoms with Crippen LogP contribution in [0, 0.1) is 6.92 Å². The number of pyridine rings is 2. The maximum absolute atomic E-state index is 12.7. The molecule has 1 N–H and O–H groups in total. The zero-order chi connectivity index (χ0) is 15.8. The van der Waals surface area contributed by atoms with Gasteiger partial charge in [-0.2, -0.15) is 0 Å². The van der Waals surface area contributed by atoms with E-state index < -0.39 is 0 Å². The number of fused-ring (bicyclic) bond motifs is 1. The number of nitrogens with zero attached hydrogens (tertiary/aromatic N) is 2. The first kappa shape index (κ1) is 13.9. The molecule has 0 aliphatic heterocycles. The normalized spacial score (nSPS) is 14.0. The Kier molecular flexibility index (Phi) is 3.30. The van der Waals surface area contributed by atoms with Crippen molar-refractivity contribution in [1.82, 2.24) is 9.97 Å². The fourth-order valence-corrected chi connectivity index (χ4v) is 2.70. The first-order valence-corrected chi connectivity index (χ1v) is 7.84. The molecule has 4 nitrogen and oxygen atoms in total. The number of hydrogen-bond donors (Lipinski definition) is 1. The molecule has 1 aliphatic rings. The molecule has 2 heterocycles.